The number of piperazine rings is 1. The summed E-state index contributed by atoms with van der Waals surface area (Å²) in [7, 11) is 1.58. The molecule has 8 nitrogen and oxygen atoms in total. The third-order valence-corrected chi connectivity index (χ3v) is 6.05. The number of methoxy groups -OCH3 is 1. The van der Waals surface area contributed by atoms with Crippen molar-refractivity contribution in [1.82, 2.24) is 24.5 Å². The van der Waals surface area contributed by atoms with E-state index in [1.54, 1.807) is 31.4 Å². The van der Waals surface area contributed by atoms with E-state index < -0.39 is 6.04 Å². The zero-order chi connectivity index (χ0) is 23.4. The Morgan fingerprint density at radius 1 is 1.06 bits per heavy atom. The van der Waals surface area contributed by atoms with Crippen LogP contribution in [0.4, 0.5) is 0 Å². The molecule has 1 saturated heterocycles. The molecule has 0 bridgehead atoms. The van der Waals surface area contributed by atoms with Crippen molar-refractivity contribution in [3.05, 3.63) is 66.1 Å². The molecule has 1 N–H and O–H groups in total. The lowest BCUT2D eigenvalue weighted by atomic mass is 10.0. The van der Waals surface area contributed by atoms with E-state index in [0.29, 0.717) is 24.4 Å². The summed E-state index contributed by atoms with van der Waals surface area (Å²) in [6.07, 6.45) is 4.05. The summed E-state index contributed by atoms with van der Waals surface area (Å²) in [4.78, 5) is 34.8. The molecular weight excluding hydrogens is 418 g/mol. The van der Waals surface area contributed by atoms with Gasteiger partial charge in [0.05, 0.1) is 12.8 Å². The maximum atomic E-state index is 13.2. The van der Waals surface area contributed by atoms with Crippen molar-refractivity contribution in [2.45, 2.75) is 26.4 Å². The molecule has 0 radical (unpaired) electrons. The van der Waals surface area contributed by atoms with Gasteiger partial charge in [0.15, 0.2) is 0 Å². The zero-order valence-electron chi connectivity index (χ0n) is 19.4. The minimum Gasteiger partial charge on any atom is -0.497 e. The van der Waals surface area contributed by atoms with Gasteiger partial charge in [-0.05, 0) is 42.3 Å². The molecule has 3 aromatic rings. The summed E-state index contributed by atoms with van der Waals surface area (Å²) in [5.41, 5.74) is 2.47. The Kier molecular flexibility index (Phi) is 6.93. The Hall–Kier alpha value is -3.39. The van der Waals surface area contributed by atoms with E-state index >= 15 is 0 Å². The van der Waals surface area contributed by atoms with Gasteiger partial charge in [-0.15, -0.1) is 0 Å². The summed E-state index contributed by atoms with van der Waals surface area (Å²) in [6.45, 7) is 7.48. The van der Waals surface area contributed by atoms with Gasteiger partial charge in [-0.1, -0.05) is 19.9 Å². The molecule has 3 heterocycles. The summed E-state index contributed by atoms with van der Waals surface area (Å²) >= 11 is 0. The molecule has 1 aliphatic rings. The number of aromatic nitrogens is 2. The van der Waals surface area contributed by atoms with Crippen LogP contribution in [0.1, 0.15) is 29.9 Å². The normalized spacial score (nSPS) is 15.6. The second-order valence-corrected chi connectivity index (χ2v) is 8.72. The van der Waals surface area contributed by atoms with Crippen LogP contribution in [-0.4, -0.2) is 70.3 Å². The smallest absolute Gasteiger partial charge is 0.251 e. The number of nitrogens with one attached hydrogen (secondary N) is 1. The number of nitrogens with zero attached hydrogens (tertiary/aromatic N) is 4. The highest BCUT2D eigenvalue weighted by Crippen LogP contribution is 2.15. The number of imidazole rings is 1. The molecule has 0 spiro atoms. The maximum absolute atomic E-state index is 13.2. The molecule has 0 aliphatic carbocycles. The third-order valence-electron chi connectivity index (χ3n) is 6.05. The molecule has 174 valence electrons. The zero-order valence-corrected chi connectivity index (χ0v) is 19.4. The number of amides is 2. The third kappa shape index (κ3) is 5.34. The SMILES string of the molecule is COc1ccc(C(=O)NC(C(=O)N2CCN(Cc3cn4ccccc4n3)CC2)C(C)C)cc1. The largest absolute Gasteiger partial charge is 0.497 e. The van der Waals surface area contributed by atoms with Crippen LogP contribution in [0.15, 0.2) is 54.9 Å². The Morgan fingerprint density at radius 3 is 2.42 bits per heavy atom. The lowest BCUT2D eigenvalue weighted by Gasteiger charge is -2.37. The average molecular weight is 450 g/mol. The molecule has 8 heteroatoms. The number of rotatable bonds is 7. The maximum Gasteiger partial charge on any atom is 0.251 e. The van der Waals surface area contributed by atoms with Crippen molar-refractivity contribution in [2.24, 2.45) is 5.92 Å². The Bertz CT molecular complexity index is 1070. The lowest BCUT2D eigenvalue weighted by Crippen LogP contribution is -2.56. The first kappa shape index (κ1) is 22.8. The molecule has 2 aromatic heterocycles. The quantitative estimate of drug-likeness (QED) is 0.599. The molecule has 0 saturated carbocycles. The average Bonchev–Trinajstić information content (AvgIpc) is 3.24. The van der Waals surface area contributed by atoms with Gasteiger partial charge in [-0.3, -0.25) is 14.5 Å². The van der Waals surface area contributed by atoms with Crippen molar-refractivity contribution in [3.63, 3.8) is 0 Å². The van der Waals surface area contributed by atoms with Gasteiger partial charge in [0.25, 0.3) is 5.91 Å². The minimum absolute atomic E-state index is 0.0179. The van der Waals surface area contributed by atoms with Crippen molar-refractivity contribution in [1.29, 1.82) is 0 Å². The molecular formula is C25H31N5O3. The number of benzene rings is 1. The summed E-state index contributed by atoms with van der Waals surface area (Å²) in [5.74, 6) is 0.384. The second kappa shape index (κ2) is 10.0. The van der Waals surface area contributed by atoms with Crippen molar-refractivity contribution >= 4 is 17.5 Å². The van der Waals surface area contributed by atoms with E-state index in [2.05, 4.69) is 21.4 Å². The fourth-order valence-electron chi connectivity index (χ4n) is 4.10. The van der Waals surface area contributed by atoms with Gasteiger partial charge < -0.3 is 19.4 Å². The van der Waals surface area contributed by atoms with Crippen molar-refractivity contribution < 1.29 is 14.3 Å². The Labute approximate surface area is 194 Å². The highest BCUT2D eigenvalue weighted by molar-refractivity contribution is 5.97. The van der Waals surface area contributed by atoms with Gasteiger partial charge in [-0.25, -0.2) is 4.98 Å². The number of carbonyl (C=O) groups excluding carboxylic acids is 2. The van der Waals surface area contributed by atoms with Gasteiger partial charge >= 0.3 is 0 Å². The van der Waals surface area contributed by atoms with Crippen LogP contribution in [-0.2, 0) is 11.3 Å². The molecule has 1 fully saturated rings. The van der Waals surface area contributed by atoms with Gasteiger partial charge in [0.2, 0.25) is 5.91 Å². The van der Waals surface area contributed by atoms with E-state index in [4.69, 9.17) is 4.74 Å². The van der Waals surface area contributed by atoms with Crippen LogP contribution >= 0.6 is 0 Å². The van der Waals surface area contributed by atoms with Crippen molar-refractivity contribution in [2.75, 3.05) is 33.3 Å². The number of pyridine rings is 1. The Balaban J connectivity index is 1.33. The highest BCUT2D eigenvalue weighted by atomic mass is 16.5. The standard InChI is InChI=1S/C25H31N5O3/c1-18(2)23(27-24(31)19-7-9-21(33-3)10-8-19)25(32)29-14-12-28(13-15-29)16-20-17-30-11-5-4-6-22(30)26-20/h4-11,17-18,23H,12-16H2,1-3H3,(H,27,31). The summed E-state index contributed by atoms with van der Waals surface area (Å²) in [6, 6.07) is 12.3. The predicted molar refractivity (Wildman–Crippen MR) is 126 cm³/mol. The van der Waals surface area contributed by atoms with E-state index in [9.17, 15) is 9.59 Å². The molecule has 1 atom stereocenters. The number of hydrogen-bond acceptors (Lipinski definition) is 5. The van der Waals surface area contributed by atoms with E-state index in [-0.39, 0.29) is 17.7 Å². The van der Waals surface area contributed by atoms with Crippen LogP contribution in [0.25, 0.3) is 5.65 Å². The number of fused-ring (bicyclic) bond motifs is 1. The predicted octanol–water partition coefficient (Wildman–Crippen LogP) is 2.44. The molecule has 1 aromatic carbocycles. The van der Waals surface area contributed by atoms with Crippen LogP contribution in [0.5, 0.6) is 5.75 Å². The number of ether oxygens (including phenoxy) is 1. The fourth-order valence-corrected chi connectivity index (χ4v) is 4.10. The monoisotopic (exact) mass is 449 g/mol. The van der Waals surface area contributed by atoms with Crippen LogP contribution in [0, 0.1) is 5.92 Å². The molecule has 33 heavy (non-hydrogen) atoms. The lowest BCUT2D eigenvalue weighted by molar-refractivity contribution is -0.136. The fraction of sp³-hybridized carbons (Fsp3) is 0.400. The van der Waals surface area contributed by atoms with Gasteiger partial charge in [0, 0.05) is 50.7 Å². The first-order valence-corrected chi connectivity index (χ1v) is 11.3. The highest BCUT2D eigenvalue weighted by Gasteiger charge is 2.31. The summed E-state index contributed by atoms with van der Waals surface area (Å²) in [5, 5.41) is 2.94. The van der Waals surface area contributed by atoms with Crippen molar-refractivity contribution in [3.8, 4) is 5.75 Å². The number of hydrogen-bond donors (Lipinski definition) is 1. The van der Waals surface area contributed by atoms with Crippen LogP contribution < -0.4 is 10.1 Å². The van der Waals surface area contributed by atoms with E-state index in [1.807, 2.05) is 47.5 Å². The molecule has 4 rings (SSSR count). The van der Waals surface area contributed by atoms with Crippen LogP contribution in [0.2, 0.25) is 0 Å². The van der Waals surface area contributed by atoms with E-state index in [0.717, 1.165) is 31.0 Å². The van der Waals surface area contributed by atoms with E-state index in [1.165, 1.54) is 0 Å². The van der Waals surface area contributed by atoms with Crippen LogP contribution in [0.3, 0.4) is 0 Å². The Morgan fingerprint density at radius 2 is 1.79 bits per heavy atom. The van der Waals surface area contributed by atoms with Gasteiger partial charge in [0.1, 0.15) is 17.4 Å². The minimum atomic E-state index is -0.565. The molecule has 1 aliphatic heterocycles. The van der Waals surface area contributed by atoms with Gasteiger partial charge in [-0.2, -0.15) is 0 Å². The first-order chi connectivity index (χ1) is 15.9. The molecule has 1 unspecified atom stereocenters. The topological polar surface area (TPSA) is 79.2 Å². The number of carbonyl (C=O) groups is 2. The first-order valence-electron chi connectivity index (χ1n) is 11.3. The second-order valence-electron chi connectivity index (χ2n) is 8.72. The summed E-state index contributed by atoms with van der Waals surface area (Å²) < 4.78 is 7.17. The molecule has 2 amide bonds.